The fourth-order valence-corrected chi connectivity index (χ4v) is 3.67. The first-order chi connectivity index (χ1) is 9.16. The summed E-state index contributed by atoms with van der Waals surface area (Å²) in [5, 5.41) is 10.4. The largest absolute Gasteiger partial charge is 0.391 e. The van der Waals surface area contributed by atoms with Gasteiger partial charge < -0.3 is 10.0 Å². The van der Waals surface area contributed by atoms with E-state index in [9.17, 15) is 5.11 Å². The summed E-state index contributed by atoms with van der Waals surface area (Å²) in [7, 11) is 0. The third kappa shape index (κ3) is 4.73. The molecule has 19 heavy (non-hydrogen) atoms. The fourth-order valence-electron chi connectivity index (χ4n) is 3.67. The van der Waals surface area contributed by atoms with Crippen LogP contribution in [0.4, 0.5) is 0 Å². The Morgan fingerprint density at radius 2 is 1.58 bits per heavy atom. The maximum atomic E-state index is 10.4. The minimum absolute atomic E-state index is 0.0862. The van der Waals surface area contributed by atoms with Crippen molar-refractivity contribution in [3.63, 3.8) is 0 Å². The van der Waals surface area contributed by atoms with E-state index < -0.39 is 0 Å². The highest BCUT2D eigenvalue weighted by Gasteiger charge is 2.29. The molecule has 1 N–H and O–H groups in total. The van der Waals surface area contributed by atoms with Gasteiger partial charge in [-0.25, -0.2) is 0 Å². The SMILES string of the molecule is CC(C)CN1CCN(C2CCCCCCC2O)CC1. The Bertz CT molecular complexity index is 249. The predicted molar refractivity (Wildman–Crippen MR) is 80.3 cm³/mol. The van der Waals surface area contributed by atoms with Crippen molar-refractivity contribution < 1.29 is 5.11 Å². The first-order valence-electron chi connectivity index (χ1n) is 8.31. The molecule has 1 aliphatic heterocycles. The Morgan fingerprint density at radius 1 is 0.947 bits per heavy atom. The molecule has 1 saturated carbocycles. The first kappa shape index (κ1) is 15.3. The molecular formula is C16H32N2O. The molecule has 1 aliphatic carbocycles. The van der Waals surface area contributed by atoms with Gasteiger partial charge in [0.15, 0.2) is 0 Å². The van der Waals surface area contributed by atoms with Crippen molar-refractivity contribution >= 4 is 0 Å². The van der Waals surface area contributed by atoms with Crippen molar-refractivity contribution in [2.75, 3.05) is 32.7 Å². The van der Waals surface area contributed by atoms with Crippen LogP contribution in [-0.2, 0) is 0 Å². The molecule has 1 heterocycles. The Labute approximate surface area is 119 Å². The lowest BCUT2D eigenvalue weighted by molar-refractivity contribution is 0.00400. The van der Waals surface area contributed by atoms with Crippen molar-refractivity contribution in [2.24, 2.45) is 5.92 Å². The Kier molecular flexibility index (Phi) is 6.11. The average molecular weight is 268 g/mol. The van der Waals surface area contributed by atoms with Crippen LogP contribution >= 0.6 is 0 Å². The maximum absolute atomic E-state index is 10.4. The molecule has 3 heteroatoms. The first-order valence-corrected chi connectivity index (χ1v) is 8.31. The van der Waals surface area contributed by atoms with E-state index in [4.69, 9.17) is 0 Å². The zero-order valence-corrected chi connectivity index (χ0v) is 12.9. The highest BCUT2D eigenvalue weighted by molar-refractivity contribution is 4.84. The van der Waals surface area contributed by atoms with Crippen molar-refractivity contribution in [1.82, 2.24) is 9.80 Å². The van der Waals surface area contributed by atoms with Gasteiger partial charge in [0.2, 0.25) is 0 Å². The summed E-state index contributed by atoms with van der Waals surface area (Å²) in [5.74, 6) is 0.763. The highest BCUT2D eigenvalue weighted by Crippen LogP contribution is 2.23. The van der Waals surface area contributed by atoms with E-state index in [2.05, 4.69) is 23.6 Å². The molecule has 2 atom stereocenters. The number of aliphatic hydroxyl groups is 1. The second-order valence-corrected chi connectivity index (χ2v) is 6.86. The molecule has 2 unspecified atom stereocenters. The fraction of sp³-hybridized carbons (Fsp3) is 1.00. The van der Waals surface area contributed by atoms with Gasteiger partial charge in [-0.2, -0.15) is 0 Å². The summed E-state index contributed by atoms with van der Waals surface area (Å²) in [6.07, 6.45) is 7.31. The lowest BCUT2D eigenvalue weighted by Gasteiger charge is -2.42. The normalized spacial score (nSPS) is 32.2. The van der Waals surface area contributed by atoms with E-state index in [0.29, 0.717) is 6.04 Å². The van der Waals surface area contributed by atoms with E-state index in [0.717, 1.165) is 25.4 Å². The lowest BCUT2D eigenvalue weighted by Crippen LogP contribution is -2.54. The van der Waals surface area contributed by atoms with Crippen molar-refractivity contribution in [1.29, 1.82) is 0 Å². The third-order valence-corrected chi connectivity index (χ3v) is 4.69. The summed E-state index contributed by atoms with van der Waals surface area (Å²) >= 11 is 0. The maximum Gasteiger partial charge on any atom is 0.0695 e. The molecule has 112 valence electrons. The Hall–Kier alpha value is -0.120. The van der Waals surface area contributed by atoms with Crippen LogP contribution in [0.3, 0.4) is 0 Å². The highest BCUT2D eigenvalue weighted by atomic mass is 16.3. The summed E-state index contributed by atoms with van der Waals surface area (Å²) in [6.45, 7) is 10.5. The van der Waals surface area contributed by atoms with Gasteiger partial charge in [-0.15, -0.1) is 0 Å². The minimum atomic E-state index is -0.0862. The van der Waals surface area contributed by atoms with Gasteiger partial charge in [0.25, 0.3) is 0 Å². The molecule has 1 saturated heterocycles. The van der Waals surface area contributed by atoms with E-state index in [1.807, 2.05) is 0 Å². The molecular weight excluding hydrogens is 236 g/mol. The van der Waals surface area contributed by atoms with Crippen LogP contribution in [0.15, 0.2) is 0 Å². The molecule has 0 bridgehead atoms. The van der Waals surface area contributed by atoms with Crippen LogP contribution in [0.5, 0.6) is 0 Å². The lowest BCUT2D eigenvalue weighted by atomic mass is 9.92. The molecule has 0 aromatic heterocycles. The molecule has 0 aromatic carbocycles. The van der Waals surface area contributed by atoms with Crippen LogP contribution in [0.1, 0.15) is 52.4 Å². The number of piperazine rings is 1. The second-order valence-electron chi connectivity index (χ2n) is 6.86. The second kappa shape index (κ2) is 7.61. The van der Waals surface area contributed by atoms with Crippen LogP contribution in [0.25, 0.3) is 0 Å². The topological polar surface area (TPSA) is 26.7 Å². The average Bonchev–Trinajstić information content (AvgIpc) is 2.35. The third-order valence-electron chi connectivity index (χ3n) is 4.69. The molecule has 2 fully saturated rings. The van der Waals surface area contributed by atoms with Gasteiger partial charge in [-0.1, -0.05) is 39.5 Å². The Balaban J connectivity index is 1.81. The van der Waals surface area contributed by atoms with Gasteiger partial charge in [0, 0.05) is 38.8 Å². The van der Waals surface area contributed by atoms with E-state index >= 15 is 0 Å². The van der Waals surface area contributed by atoms with Crippen molar-refractivity contribution in [3.8, 4) is 0 Å². The molecule has 0 amide bonds. The van der Waals surface area contributed by atoms with Crippen LogP contribution < -0.4 is 0 Å². The smallest absolute Gasteiger partial charge is 0.0695 e. The van der Waals surface area contributed by atoms with Gasteiger partial charge in [0.1, 0.15) is 0 Å². The van der Waals surface area contributed by atoms with E-state index in [1.54, 1.807) is 0 Å². The zero-order valence-electron chi connectivity index (χ0n) is 12.9. The van der Waals surface area contributed by atoms with Crippen LogP contribution in [0.2, 0.25) is 0 Å². The van der Waals surface area contributed by atoms with Crippen molar-refractivity contribution in [3.05, 3.63) is 0 Å². The number of nitrogens with zero attached hydrogens (tertiary/aromatic N) is 2. The molecule has 0 aromatic rings. The van der Waals surface area contributed by atoms with Gasteiger partial charge in [-0.3, -0.25) is 4.90 Å². The summed E-state index contributed by atoms with van der Waals surface area (Å²) in [6, 6.07) is 0.432. The zero-order chi connectivity index (χ0) is 13.7. The molecule has 0 spiro atoms. The van der Waals surface area contributed by atoms with E-state index in [1.165, 1.54) is 51.7 Å². The molecule has 3 nitrogen and oxygen atoms in total. The number of aliphatic hydroxyl groups excluding tert-OH is 1. The monoisotopic (exact) mass is 268 g/mol. The standard InChI is InChI=1S/C16H32N2O/c1-14(2)13-17-9-11-18(12-10-17)15-7-5-3-4-6-8-16(15)19/h14-16,19H,3-13H2,1-2H3. The molecule has 2 rings (SSSR count). The number of hydrogen-bond donors (Lipinski definition) is 1. The van der Waals surface area contributed by atoms with Crippen LogP contribution in [0, 0.1) is 5.92 Å². The minimum Gasteiger partial charge on any atom is -0.391 e. The number of rotatable bonds is 3. The summed E-state index contributed by atoms with van der Waals surface area (Å²) in [5.41, 5.74) is 0. The van der Waals surface area contributed by atoms with E-state index in [-0.39, 0.29) is 6.10 Å². The molecule has 0 radical (unpaired) electrons. The Morgan fingerprint density at radius 3 is 2.21 bits per heavy atom. The van der Waals surface area contributed by atoms with Gasteiger partial charge in [-0.05, 0) is 18.8 Å². The molecule has 2 aliphatic rings. The predicted octanol–water partition coefficient (Wildman–Crippen LogP) is 2.34. The van der Waals surface area contributed by atoms with Crippen molar-refractivity contribution in [2.45, 2.75) is 64.5 Å². The van der Waals surface area contributed by atoms with Crippen LogP contribution in [-0.4, -0.2) is 59.8 Å². The summed E-state index contributed by atoms with van der Waals surface area (Å²) < 4.78 is 0. The quantitative estimate of drug-likeness (QED) is 0.851. The van der Waals surface area contributed by atoms with Gasteiger partial charge in [0.05, 0.1) is 6.10 Å². The number of hydrogen-bond acceptors (Lipinski definition) is 3. The summed E-state index contributed by atoms with van der Waals surface area (Å²) in [4.78, 5) is 5.14. The van der Waals surface area contributed by atoms with Gasteiger partial charge >= 0.3 is 0 Å².